The summed E-state index contributed by atoms with van der Waals surface area (Å²) in [7, 11) is 0. The van der Waals surface area contributed by atoms with E-state index in [4.69, 9.17) is 0 Å². The lowest BCUT2D eigenvalue weighted by atomic mass is 10.1. The van der Waals surface area contributed by atoms with Gasteiger partial charge in [0.1, 0.15) is 0 Å². The third-order valence-electron chi connectivity index (χ3n) is 1.73. The lowest BCUT2D eigenvalue weighted by Crippen LogP contribution is -1.96. The second-order valence-electron chi connectivity index (χ2n) is 2.67. The van der Waals surface area contributed by atoms with Crippen LogP contribution in [0, 0.1) is 0 Å². The molecule has 2 heteroatoms. The standard InChI is InChI=1S/C10H13NS/c1-8-7-11-5-4-10(8)6-9(2)12-3/h4-6H,1,7H2,2-3H3/b9-6-. The van der Waals surface area contributed by atoms with Crippen molar-refractivity contribution in [2.45, 2.75) is 6.92 Å². The van der Waals surface area contributed by atoms with E-state index in [0.29, 0.717) is 0 Å². The predicted octanol–water partition coefficient (Wildman–Crippen LogP) is 2.82. The highest BCUT2D eigenvalue weighted by Crippen LogP contribution is 2.18. The molecule has 0 atom stereocenters. The summed E-state index contributed by atoms with van der Waals surface area (Å²) < 4.78 is 0. The molecule has 0 saturated carbocycles. The van der Waals surface area contributed by atoms with E-state index in [1.807, 2.05) is 12.3 Å². The minimum Gasteiger partial charge on any atom is -0.288 e. The number of dihydropyridines is 1. The highest BCUT2D eigenvalue weighted by Gasteiger charge is 2.01. The predicted molar refractivity (Wildman–Crippen MR) is 57.9 cm³/mol. The van der Waals surface area contributed by atoms with Crippen molar-refractivity contribution < 1.29 is 0 Å². The zero-order chi connectivity index (χ0) is 8.97. The van der Waals surface area contributed by atoms with Crippen molar-refractivity contribution in [2.75, 3.05) is 12.8 Å². The van der Waals surface area contributed by atoms with Crippen molar-refractivity contribution in [1.29, 1.82) is 0 Å². The third kappa shape index (κ3) is 2.38. The van der Waals surface area contributed by atoms with Crippen molar-refractivity contribution in [3.05, 3.63) is 34.8 Å². The summed E-state index contributed by atoms with van der Waals surface area (Å²) in [6, 6.07) is 0. The first-order valence-corrected chi connectivity index (χ1v) is 5.07. The number of hydrogen-bond acceptors (Lipinski definition) is 2. The van der Waals surface area contributed by atoms with E-state index in [1.165, 1.54) is 10.5 Å². The van der Waals surface area contributed by atoms with Crippen LogP contribution < -0.4 is 0 Å². The highest BCUT2D eigenvalue weighted by atomic mass is 32.2. The van der Waals surface area contributed by atoms with Crippen LogP contribution in [0.15, 0.2) is 39.8 Å². The number of hydrogen-bond donors (Lipinski definition) is 0. The molecule has 1 aliphatic heterocycles. The monoisotopic (exact) mass is 179 g/mol. The number of thioether (sulfide) groups is 1. The Morgan fingerprint density at radius 3 is 3.08 bits per heavy atom. The molecule has 0 amide bonds. The van der Waals surface area contributed by atoms with Gasteiger partial charge in [0.15, 0.2) is 0 Å². The zero-order valence-electron chi connectivity index (χ0n) is 7.50. The van der Waals surface area contributed by atoms with Crippen LogP contribution >= 0.6 is 11.8 Å². The number of aliphatic imine (C=N–C) groups is 1. The van der Waals surface area contributed by atoms with Crippen LogP contribution in [-0.2, 0) is 0 Å². The molecule has 12 heavy (non-hydrogen) atoms. The Kier molecular flexibility index (Phi) is 3.35. The Bertz CT molecular complexity index is 272. The van der Waals surface area contributed by atoms with E-state index in [2.05, 4.69) is 30.8 Å². The summed E-state index contributed by atoms with van der Waals surface area (Å²) in [4.78, 5) is 5.41. The summed E-state index contributed by atoms with van der Waals surface area (Å²) in [5.74, 6) is 0. The van der Waals surface area contributed by atoms with Crippen molar-refractivity contribution >= 4 is 18.0 Å². The van der Waals surface area contributed by atoms with E-state index in [1.54, 1.807) is 11.8 Å². The zero-order valence-corrected chi connectivity index (χ0v) is 8.32. The maximum Gasteiger partial charge on any atom is 0.0639 e. The maximum atomic E-state index is 4.10. The lowest BCUT2D eigenvalue weighted by molar-refractivity contribution is 1.16. The van der Waals surface area contributed by atoms with Gasteiger partial charge in [-0.25, -0.2) is 0 Å². The SMILES string of the molecule is C=C1CN=CC=C1/C=C(/C)SC. The molecule has 64 valence electrons. The third-order valence-corrected chi connectivity index (χ3v) is 2.49. The number of nitrogens with zero attached hydrogens (tertiary/aromatic N) is 1. The van der Waals surface area contributed by atoms with Crippen LogP contribution in [0.5, 0.6) is 0 Å². The molecule has 0 unspecified atom stereocenters. The van der Waals surface area contributed by atoms with Gasteiger partial charge >= 0.3 is 0 Å². The number of rotatable bonds is 2. The molecule has 0 radical (unpaired) electrons. The van der Waals surface area contributed by atoms with E-state index in [0.717, 1.165) is 12.1 Å². The molecule has 0 fully saturated rings. The van der Waals surface area contributed by atoms with Gasteiger partial charge in [0.25, 0.3) is 0 Å². The van der Waals surface area contributed by atoms with Crippen LogP contribution in [0.25, 0.3) is 0 Å². The number of allylic oxidation sites excluding steroid dienone is 3. The molecule has 0 N–H and O–H groups in total. The van der Waals surface area contributed by atoms with Gasteiger partial charge in [-0.2, -0.15) is 0 Å². The molecule has 0 aromatic carbocycles. The second-order valence-corrected chi connectivity index (χ2v) is 3.73. The second kappa shape index (κ2) is 4.31. The van der Waals surface area contributed by atoms with Crippen molar-refractivity contribution in [2.24, 2.45) is 4.99 Å². The molecule has 1 nitrogen and oxygen atoms in total. The van der Waals surface area contributed by atoms with Gasteiger partial charge in [-0.1, -0.05) is 6.58 Å². The fourth-order valence-corrected chi connectivity index (χ4v) is 1.18. The van der Waals surface area contributed by atoms with E-state index < -0.39 is 0 Å². The molecule has 0 saturated heterocycles. The Morgan fingerprint density at radius 2 is 2.50 bits per heavy atom. The van der Waals surface area contributed by atoms with Gasteiger partial charge in [-0.05, 0) is 41.4 Å². The summed E-state index contributed by atoms with van der Waals surface area (Å²) in [6.45, 7) is 6.79. The van der Waals surface area contributed by atoms with E-state index >= 15 is 0 Å². The molecule has 1 heterocycles. The Morgan fingerprint density at radius 1 is 1.75 bits per heavy atom. The molecule has 0 aromatic heterocycles. The van der Waals surface area contributed by atoms with Crippen LogP contribution in [0.1, 0.15) is 6.92 Å². The average Bonchev–Trinajstić information content (AvgIpc) is 2.09. The quantitative estimate of drug-likeness (QED) is 0.635. The molecule has 0 bridgehead atoms. The average molecular weight is 179 g/mol. The van der Waals surface area contributed by atoms with Gasteiger partial charge in [0.05, 0.1) is 6.54 Å². The summed E-state index contributed by atoms with van der Waals surface area (Å²) in [6.07, 6.45) is 8.07. The van der Waals surface area contributed by atoms with Gasteiger partial charge in [-0.15, -0.1) is 11.8 Å². The van der Waals surface area contributed by atoms with E-state index in [9.17, 15) is 0 Å². The topological polar surface area (TPSA) is 12.4 Å². The summed E-state index contributed by atoms with van der Waals surface area (Å²) >= 11 is 1.76. The fraction of sp³-hybridized carbons (Fsp3) is 0.300. The molecular formula is C10H13NS. The smallest absolute Gasteiger partial charge is 0.0639 e. The first-order chi connectivity index (χ1) is 5.74. The van der Waals surface area contributed by atoms with Crippen LogP contribution in [0.2, 0.25) is 0 Å². The van der Waals surface area contributed by atoms with E-state index in [-0.39, 0.29) is 0 Å². The van der Waals surface area contributed by atoms with Gasteiger partial charge in [0.2, 0.25) is 0 Å². The normalized spacial score (nSPS) is 18.0. The van der Waals surface area contributed by atoms with Crippen molar-refractivity contribution in [3.63, 3.8) is 0 Å². The largest absolute Gasteiger partial charge is 0.288 e. The Hall–Kier alpha value is -0.760. The van der Waals surface area contributed by atoms with Crippen LogP contribution in [0.4, 0.5) is 0 Å². The van der Waals surface area contributed by atoms with Crippen LogP contribution in [-0.4, -0.2) is 19.0 Å². The minimum absolute atomic E-state index is 0.740. The van der Waals surface area contributed by atoms with Gasteiger partial charge in [-0.3, -0.25) is 4.99 Å². The first-order valence-electron chi connectivity index (χ1n) is 3.84. The lowest BCUT2D eigenvalue weighted by Gasteiger charge is -2.07. The molecule has 1 rings (SSSR count). The Labute approximate surface area is 78.0 Å². The molecule has 1 aliphatic rings. The molecule has 0 spiro atoms. The summed E-state index contributed by atoms with van der Waals surface area (Å²) in [5.41, 5.74) is 2.31. The maximum absolute atomic E-state index is 4.10. The molecule has 0 aromatic rings. The molecular weight excluding hydrogens is 166 g/mol. The Balaban J connectivity index is 2.80. The van der Waals surface area contributed by atoms with Gasteiger partial charge in [0, 0.05) is 6.21 Å². The minimum atomic E-state index is 0.740. The summed E-state index contributed by atoms with van der Waals surface area (Å²) in [5, 5.41) is 0. The van der Waals surface area contributed by atoms with Gasteiger partial charge < -0.3 is 0 Å². The van der Waals surface area contributed by atoms with Crippen molar-refractivity contribution in [3.8, 4) is 0 Å². The first kappa shape index (κ1) is 9.33. The molecule has 0 aliphatic carbocycles. The highest BCUT2D eigenvalue weighted by molar-refractivity contribution is 8.02. The van der Waals surface area contributed by atoms with Crippen LogP contribution in [0.3, 0.4) is 0 Å². The fourth-order valence-electron chi connectivity index (χ4n) is 0.933. The van der Waals surface area contributed by atoms with Crippen molar-refractivity contribution in [1.82, 2.24) is 0 Å².